The Morgan fingerprint density at radius 1 is 1.00 bits per heavy atom. The van der Waals surface area contributed by atoms with Crippen molar-refractivity contribution in [1.29, 1.82) is 0 Å². The largest absolute Gasteiger partial charge is 0.512 e. The van der Waals surface area contributed by atoms with Crippen LogP contribution in [0.4, 0.5) is 22.4 Å². The van der Waals surface area contributed by atoms with Gasteiger partial charge in [0.1, 0.15) is 0 Å². The van der Waals surface area contributed by atoms with E-state index in [-0.39, 0.29) is 16.4 Å². The first-order valence-corrected chi connectivity index (χ1v) is 6.89. The molecule has 0 bridgehead atoms. The summed E-state index contributed by atoms with van der Waals surface area (Å²) in [6.07, 6.45) is -1.62. The van der Waals surface area contributed by atoms with Gasteiger partial charge in [0.15, 0.2) is 11.6 Å². The number of hydrogen-bond acceptors (Lipinski definition) is 6. The number of ether oxygens (including phenoxy) is 1. The van der Waals surface area contributed by atoms with E-state index in [2.05, 4.69) is 18.9 Å². The summed E-state index contributed by atoms with van der Waals surface area (Å²) in [7, 11) is 0. The second kappa shape index (κ2) is 6.82. The van der Waals surface area contributed by atoms with E-state index in [1.54, 1.807) is 0 Å². The lowest BCUT2D eigenvalue weighted by Crippen LogP contribution is -2.03. The molecule has 140 valence electrons. The van der Waals surface area contributed by atoms with Gasteiger partial charge in [-0.2, -0.15) is 13.9 Å². The van der Waals surface area contributed by atoms with Gasteiger partial charge in [0.05, 0.1) is 10.8 Å². The third-order valence-electron chi connectivity index (χ3n) is 3.22. The number of H-pyrrole nitrogens is 1. The van der Waals surface area contributed by atoms with E-state index in [4.69, 9.17) is 5.11 Å². The van der Waals surface area contributed by atoms with Crippen LogP contribution in [0, 0.1) is 23.3 Å². The summed E-state index contributed by atoms with van der Waals surface area (Å²) in [5, 5.41) is 13.3. The van der Waals surface area contributed by atoms with E-state index in [9.17, 15) is 27.2 Å². The number of halogens is 4. The maximum Gasteiger partial charge on any atom is 0.512 e. The molecule has 0 radical (unpaired) electrons. The van der Waals surface area contributed by atoms with Crippen LogP contribution in [-0.4, -0.2) is 21.6 Å². The molecule has 0 amide bonds. The molecule has 2 heterocycles. The quantitative estimate of drug-likeness (QED) is 0.379. The summed E-state index contributed by atoms with van der Waals surface area (Å²) in [6.45, 7) is 0. The molecule has 0 atom stereocenters. The first kappa shape index (κ1) is 18.0. The molecule has 12 heteroatoms. The number of rotatable bonds is 1. The fourth-order valence-corrected chi connectivity index (χ4v) is 2.05. The van der Waals surface area contributed by atoms with Gasteiger partial charge < -0.3 is 18.9 Å². The number of carboxylic acid groups (broad SMARTS) is 1. The van der Waals surface area contributed by atoms with E-state index in [0.717, 1.165) is 24.3 Å². The van der Waals surface area contributed by atoms with Crippen molar-refractivity contribution >= 4 is 28.1 Å². The van der Waals surface area contributed by atoms with Gasteiger partial charge in [-0.25, -0.2) is 13.6 Å². The predicted molar refractivity (Wildman–Crippen MR) is 79.3 cm³/mol. The zero-order valence-corrected chi connectivity index (χ0v) is 12.8. The van der Waals surface area contributed by atoms with Crippen molar-refractivity contribution in [3.8, 4) is 5.88 Å². The minimum Gasteiger partial charge on any atom is -0.449 e. The first-order valence-electron chi connectivity index (χ1n) is 6.89. The molecule has 8 nitrogen and oxygen atoms in total. The van der Waals surface area contributed by atoms with Crippen molar-refractivity contribution in [2.75, 3.05) is 0 Å². The zero-order chi connectivity index (χ0) is 19.7. The number of aromatic amines is 1. The van der Waals surface area contributed by atoms with Crippen LogP contribution < -0.4 is 10.3 Å². The van der Waals surface area contributed by atoms with Crippen LogP contribution in [0.3, 0.4) is 0 Å². The van der Waals surface area contributed by atoms with Crippen LogP contribution >= 0.6 is 0 Å². The van der Waals surface area contributed by atoms with Gasteiger partial charge in [0.2, 0.25) is 22.8 Å². The van der Waals surface area contributed by atoms with Crippen molar-refractivity contribution in [3.63, 3.8) is 0 Å². The van der Waals surface area contributed by atoms with Gasteiger partial charge in [-0.05, 0) is 29.4 Å². The third kappa shape index (κ3) is 3.31. The highest BCUT2D eigenvalue weighted by Crippen LogP contribution is 2.28. The van der Waals surface area contributed by atoms with Crippen LogP contribution in [-0.2, 0) is 0 Å². The summed E-state index contributed by atoms with van der Waals surface area (Å²) in [4.78, 5) is 21.0. The molecule has 2 aromatic carbocycles. The molecule has 0 saturated heterocycles. The Labute approximate surface area is 144 Å². The smallest absolute Gasteiger partial charge is 0.449 e. The third-order valence-corrected chi connectivity index (χ3v) is 3.22. The Morgan fingerprint density at radius 3 is 2.22 bits per heavy atom. The molecule has 0 aliphatic carbocycles. The van der Waals surface area contributed by atoms with Crippen LogP contribution in [0.2, 0.25) is 0 Å². The minimum absolute atomic E-state index is 0.00824. The molecular formula is C15H6F4N2O6. The number of nitrogens with one attached hydrogen (secondary N) is 1. The number of benzene rings is 2. The lowest BCUT2D eigenvalue weighted by Gasteiger charge is -1.93. The lowest BCUT2D eigenvalue weighted by molar-refractivity contribution is 0.141. The van der Waals surface area contributed by atoms with E-state index in [0.29, 0.717) is 0 Å². The van der Waals surface area contributed by atoms with Crippen molar-refractivity contribution in [3.05, 3.63) is 57.9 Å². The molecule has 0 aliphatic heterocycles. The monoisotopic (exact) mass is 386 g/mol. The van der Waals surface area contributed by atoms with Crippen molar-refractivity contribution in [1.82, 2.24) is 10.3 Å². The highest BCUT2D eigenvalue weighted by atomic mass is 19.2. The van der Waals surface area contributed by atoms with Crippen LogP contribution in [0.1, 0.15) is 0 Å². The summed E-state index contributed by atoms with van der Waals surface area (Å²) in [6, 6.07) is 3.98. The van der Waals surface area contributed by atoms with Gasteiger partial charge in [0, 0.05) is 0 Å². The standard InChI is InChI=1S/C8H3F2NO4.C7H3F2NO2/c9-4-2-1-3-6(5(4)10)15-11-7(3)14-8(12)13;8-4-2-1-3-6(5(4)9)12-10-7(3)11/h1-2H,(H,12,13);1-2H,(H,10,11). The van der Waals surface area contributed by atoms with E-state index >= 15 is 0 Å². The SMILES string of the molecule is O=C(O)Oc1noc2c(F)c(F)ccc12.O=c1[nH]oc2c(F)c(F)ccc12. The molecule has 0 spiro atoms. The number of hydrogen-bond donors (Lipinski definition) is 2. The normalized spacial score (nSPS) is 10.7. The lowest BCUT2D eigenvalue weighted by atomic mass is 10.2. The fourth-order valence-electron chi connectivity index (χ4n) is 2.05. The van der Waals surface area contributed by atoms with Gasteiger partial charge in [0.25, 0.3) is 11.4 Å². The summed E-state index contributed by atoms with van der Waals surface area (Å²) >= 11 is 0. The molecule has 0 unspecified atom stereocenters. The van der Waals surface area contributed by atoms with Gasteiger partial charge in [-0.15, -0.1) is 0 Å². The predicted octanol–water partition coefficient (Wildman–Crippen LogP) is 3.56. The number of aromatic nitrogens is 2. The highest BCUT2D eigenvalue weighted by Gasteiger charge is 2.18. The van der Waals surface area contributed by atoms with Gasteiger partial charge in [-0.3, -0.25) is 4.79 Å². The average Bonchev–Trinajstić information content (AvgIpc) is 3.19. The second-order valence-electron chi connectivity index (χ2n) is 4.87. The topological polar surface area (TPSA) is 119 Å². The Bertz CT molecular complexity index is 1210. The number of nitrogens with zero attached hydrogens (tertiary/aromatic N) is 1. The minimum atomic E-state index is -1.62. The molecule has 2 aromatic heterocycles. The summed E-state index contributed by atoms with van der Waals surface area (Å²) in [5.74, 6) is -4.95. The van der Waals surface area contributed by atoms with E-state index in [1.165, 1.54) is 0 Å². The maximum atomic E-state index is 13.0. The van der Waals surface area contributed by atoms with Gasteiger partial charge in [-0.1, -0.05) is 0 Å². The molecule has 2 N–H and O–H groups in total. The Balaban J connectivity index is 0.000000159. The molecule has 0 fully saturated rings. The Hall–Kier alpha value is -3.83. The fraction of sp³-hybridized carbons (Fsp3) is 0. The Morgan fingerprint density at radius 2 is 1.59 bits per heavy atom. The molecule has 4 aromatic rings. The molecular weight excluding hydrogens is 380 g/mol. The van der Waals surface area contributed by atoms with Crippen molar-refractivity contribution in [2.45, 2.75) is 0 Å². The van der Waals surface area contributed by atoms with E-state index < -0.39 is 46.4 Å². The van der Waals surface area contributed by atoms with E-state index in [1.807, 2.05) is 5.16 Å². The van der Waals surface area contributed by atoms with Crippen LogP contribution in [0.5, 0.6) is 5.88 Å². The number of fused-ring (bicyclic) bond motifs is 2. The maximum absolute atomic E-state index is 13.0. The molecule has 0 saturated carbocycles. The highest BCUT2D eigenvalue weighted by molar-refractivity contribution is 5.84. The van der Waals surface area contributed by atoms with Crippen LogP contribution in [0.25, 0.3) is 21.9 Å². The molecule has 27 heavy (non-hydrogen) atoms. The van der Waals surface area contributed by atoms with Gasteiger partial charge >= 0.3 is 6.16 Å². The second-order valence-corrected chi connectivity index (χ2v) is 4.87. The van der Waals surface area contributed by atoms with Crippen molar-refractivity contribution < 1.29 is 41.2 Å². The van der Waals surface area contributed by atoms with Crippen LogP contribution in [0.15, 0.2) is 38.1 Å². The first-order chi connectivity index (χ1) is 12.8. The Kier molecular flexibility index (Phi) is 4.54. The zero-order valence-electron chi connectivity index (χ0n) is 12.8. The number of carbonyl (C=O) groups is 1. The van der Waals surface area contributed by atoms with Crippen molar-refractivity contribution in [2.24, 2.45) is 0 Å². The average molecular weight is 386 g/mol. The molecule has 4 rings (SSSR count). The summed E-state index contributed by atoms with van der Waals surface area (Å²) < 4.78 is 64.0. The summed E-state index contributed by atoms with van der Waals surface area (Å²) in [5.41, 5.74) is -1.42. The molecule has 0 aliphatic rings.